The van der Waals surface area contributed by atoms with Crippen LogP contribution in [0.3, 0.4) is 0 Å². The lowest BCUT2D eigenvalue weighted by Gasteiger charge is -2.14. The number of imide groups is 1. The molecule has 6 nitrogen and oxygen atoms in total. The van der Waals surface area contributed by atoms with Crippen molar-refractivity contribution in [2.45, 2.75) is 13.5 Å². The first-order chi connectivity index (χ1) is 13.6. The van der Waals surface area contributed by atoms with Gasteiger partial charge in [-0.2, -0.15) is 0 Å². The molecule has 8 heteroatoms. The van der Waals surface area contributed by atoms with Gasteiger partial charge in [0, 0.05) is 16.7 Å². The van der Waals surface area contributed by atoms with E-state index in [0.717, 1.165) is 17.3 Å². The third-order valence-electron chi connectivity index (χ3n) is 4.25. The minimum absolute atomic E-state index is 0.0601. The minimum Gasteiger partial charge on any atom is -0.493 e. The Kier molecular flexibility index (Phi) is 5.19. The Morgan fingerprint density at radius 3 is 2.75 bits per heavy atom. The summed E-state index contributed by atoms with van der Waals surface area (Å²) in [7, 11) is 0. The number of nitrogens with zero attached hydrogens (tertiary/aromatic N) is 1. The van der Waals surface area contributed by atoms with Gasteiger partial charge in [0.05, 0.1) is 18.1 Å². The van der Waals surface area contributed by atoms with E-state index in [2.05, 4.69) is 0 Å². The minimum atomic E-state index is -0.366. The summed E-state index contributed by atoms with van der Waals surface area (Å²) < 4.78 is 16.2. The van der Waals surface area contributed by atoms with Crippen molar-refractivity contribution in [3.05, 3.63) is 57.5 Å². The van der Waals surface area contributed by atoms with Crippen LogP contribution in [-0.4, -0.2) is 29.4 Å². The monoisotopic (exact) mass is 417 g/mol. The van der Waals surface area contributed by atoms with E-state index in [9.17, 15) is 9.59 Å². The molecular formula is C20H16ClNO5S. The summed E-state index contributed by atoms with van der Waals surface area (Å²) in [5.74, 6) is 1.40. The third kappa shape index (κ3) is 3.55. The van der Waals surface area contributed by atoms with Gasteiger partial charge < -0.3 is 14.2 Å². The summed E-state index contributed by atoms with van der Waals surface area (Å²) in [6, 6.07) is 10.7. The third-order valence-corrected chi connectivity index (χ3v) is 5.51. The van der Waals surface area contributed by atoms with E-state index in [1.165, 1.54) is 4.90 Å². The van der Waals surface area contributed by atoms with Gasteiger partial charge in [0.1, 0.15) is 5.75 Å². The number of benzene rings is 2. The lowest BCUT2D eigenvalue weighted by atomic mass is 10.1. The van der Waals surface area contributed by atoms with Crippen molar-refractivity contribution in [3.8, 4) is 17.2 Å². The molecule has 0 saturated carbocycles. The number of halogens is 1. The number of hydrogen-bond donors (Lipinski definition) is 0. The van der Waals surface area contributed by atoms with E-state index in [4.69, 9.17) is 25.8 Å². The number of para-hydroxylation sites is 1. The van der Waals surface area contributed by atoms with E-state index in [0.29, 0.717) is 39.3 Å². The molecule has 2 aliphatic rings. The standard InChI is InChI=1S/C20H16ClNO5S/c1-2-25-15-6-4-3-5-12(15)8-18-19(23)22(20(24)28-18)10-13-7-16-17(9-14(13)21)27-11-26-16/h3-9H,2,10-11H2,1H3/b18-8+. The number of thioether (sulfide) groups is 1. The number of carbonyl (C=O) groups excluding carboxylic acids is 2. The second-order valence-electron chi connectivity index (χ2n) is 6.04. The molecule has 144 valence electrons. The van der Waals surface area contributed by atoms with Crippen molar-refractivity contribution in [2.75, 3.05) is 13.4 Å². The second-order valence-corrected chi connectivity index (χ2v) is 7.44. The number of rotatable bonds is 5. The van der Waals surface area contributed by atoms with Gasteiger partial charge in [-0.25, -0.2) is 0 Å². The fourth-order valence-corrected chi connectivity index (χ4v) is 3.96. The smallest absolute Gasteiger partial charge is 0.293 e. The summed E-state index contributed by atoms with van der Waals surface area (Å²) in [6.45, 7) is 2.58. The zero-order valence-electron chi connectivity index (χ0n) is 14.9. The van der Waals surface area contributed by atoms with Crippen molar-refractivity contribution in [1.29, 1.82) is 0 Å². The Labute approximate surface area is 171 Å². The quantitative estimate of drug-likeness (QED) is 0.657. The maximum absolute atomic E-state index is 12.8. The highest BCUT2D eigenvalue weighted by atomic mass is 35.5. The number of carbonyl (C=O) groups is 2. The van der Waals surface area contributed by atoms with E-state index in [1.807, 2.05) is 31.2 Å². The molecule has 0 unspecified atom stereocenters. The number of amides is 2. The molecule has 2 aliphatic heterocycles. The number of fused-ring (bicyclic) bond motifs is 1. The molecule has 0 bridgehead atoms. The topological polar surface area (TPSA) is 65.1 Å². The van der Waals surface area contributed by atoms with Crippen molar-refractivity contribution in [3.63, 3.8) is 0 Å². The van der Waals surface area contributed by atoms with Gasteiger partial charge in [-0.05, 0) is 42.5 Å². The van der Waals surface area contributed by atoms with Crippen LogP contribution in [0.2, 0.25) is 5.02 Å². The first kappa shape index (κ1) is 18.7. The highest BCUT2D eigenvalue weighted by Gasteiger charge is 2.36. The zero-order chi connectivity index (χ0) is 19.7. The van der Waals surface area contributed by atoms with E-state index in [1.54, 1.807) is 18.2 Å². The molecular weight excluding hydrogens is 402 g/mol. The van der Waals surface area contributed by atoms with Gasteiger partial charge in [0.15, 0.2) is 11.5 Å². The Balaban J connectivity index is 1.58. The van der Waals surface area contributed by atoms with Gasteiger partial charge in [-0.3, -0.25) is 14.5 Å². The van der Waals surface area contributed by atoms with Gasteiger partial charge in [0.25, 0.3) is 11.1 Å². The van der Waals surface area contributed by atoms with Crippen LogP contribution < -0.4 is 14.2 Å². The van der Waals surface area contributed by atoms with Crippen molar-refractivity contribution in [1.82, 2.24) is 4.90 Å². The molecule has 1 fully saturated rings. The lowest BCUT2D eigenvalue weighted by molar-refractivity contribution is -0.123. The van der Waals surface area contributed by atoms with Crippen molar-refractivity contribution in [2.24, 2.45) is 0 Å². The zero-order valence-corrected chi connectivity index (χ0v) is 16.5. The average Bonchev–Trinajstić information content (AvgIpc) is 3.23. The largest absolute Gasteiger partial charge is 0.493 e. The van der Waals surface area contributed by atoms with Gasteiger partial charge >= 0.3 is 0 Å². The molecule has 0 atom stereocenters. The van der Waals surface area contributed by atoms with Crippen LogP contribution in [0.4, 0.5) is 4.79 Å². The van der Waals surface area contributed by atoms with Gasteiger partial charge in [-0.15, -0.1) is 0 Å². The molecule has 0 aliphatic carbocycles. The predicted molar refractivity (Wildman–Crippen MR) is 107 cm³/mol. The summed E-state index contributed by atoms with van der Waals surface area (Å²) in [6.07, 6.45) is 1.68. The maximum Gasteiger partial charge on any atom is 0.293 e. The Hall–Kier alpha value is -2.64. The SMILES string of the molecule is CCOc1ccccc1/C=C1/SC(=O)N(Cc2cc3c(cc2Cl)OCO3)C1=O. The Morgan fingerprint density at radius 2 is 1.96 bits per heavy atom. The predicted octanol–water partition coefficient (Wildman–Crippen LogP) is 4.70. The number of hydrogen-bond acceptors (Lipinski definition) is 6. The van der Waals surface area contributed by atoms with Crippen LogP contribution >= 0.6 is 23.4 Å². The fourth-order valence-electron chi connectivity index (χ4n) is 2.92. The van der Waals surface area contributed by atoms with E-state index in [-0.39, 0.29) is 24.5 Å². The summed E-state index contributed by atoms with van der Waals surface area (Å²) in [5, 5.41) is 0.0628. The second kappa shape index (κ2) is 7.77. The fraction of sp³-hybridized carbons (Fsp3) is 0.200. The molecule has 2 aromatic carbocycles. The molecule has 28 heavy (non-hydrogen) atoms. The average molecular weight is 418 g/mol. The molecule has 2 heterocycles. The molecule has 4 rings (SSSR count). The molecule has 2 amide bonds. The first-order valence-corrected chi connectivity index (χ1v) is 9.81. The maximum atomic E-state index is 12.8. The molecule has 1 saturated heterocycles. The molecule has 0 radical (unpaired) electrons. The highest BCUT2D eigenvalue weighted by molar-refractivity contribution is 8.18. The van der Waals surface area contributed by atoms with Gasteiger partial charge in [0.2, 0.25) is 6.79 Å². The van der Waals surface area contributed by atoms with Crippen LogP contribution in [0.25, 0.3) is 6.08 Å². The molecule has 2 aromatic rings. The normalized spacial score (nSPS) is 16.9. The first-order valence-electron chi connectivity index (χ1n) is 8.62. The highest BCUT2D eigenvalue weighted by Crippen LogP contribution is 2.39. The number of ether oxygens (including phenoxy) is 3. The van der Waals surface area contributed by atoms with E-state index >= 15 is 0 Å². The Morgan fingerprint density at radius 1 is 1.21 bits per heavy atom. The summed E-state index contributed by atoms with van der Waals surface area (Å²) in [4.78, 5) is 26.8. The van der Waals surface area contributed by atoms with E-state index < -0.39 is 0 Å². The van der Waals surface area contributed by atoms with Gasteiger partial charge in [-0.1, -0.05) is 29.8 Å². The Bertz CT molecular complexity index is 991. The van der Waals surface area contributed by atoms with Crippen LogP contribution in [0.15, 0.2) is 41.3 Å². The summed E-state index contributed by atoms with van der Waals surface area (Å²) in [5.41, 5.74) is 1.36. The molecule has 0 spiro atoms. The van der Waals surface area contributed by atoms with Crippen LogP contribution in [0.5, 0.6) is 17.2 Å². The molecule has 0 aromatic heterocycles. The van der Waals surface area contributed by atoms with Crippen molar-refractivity contribution >= 4 is 40.6 Å². The van der Waals surface area contributed by atoms with Crippen LogP contribution in [0, 0.1) is 0 Å². The van der Waals surface area contributed by atoms with Crippen LogP contribution in [-0.2, 0) is 11.3 Å². The van der Waals surface area contributed by atoms with Crippen molar-refractivity contribution < 1.29 is 23.8 Å². The summed E-state index contributed by atoms with van der Waals surface area (Å²) >= 11 is 7.18. The lowest BCUT2D eigenvalue weighted by Crippen LogP contribution is -2.27. The van der Waals surface area contributed by atoms with Crippen LogP contribution in [0.1, 0.15) is 18.1 Å². The molecule has 0 N–H and O–H groups in total.